The van der Waals surface area contributed by atoms with E-state index in [1.54, 1.807) is 4.52 Å². The second kappa shape index (κ2) is 5.94. The fourth-order valence-corrected chi connectivity index (χ4v) is 3.77. The zero-order valence-electron chi connectivity index (χ0n) is 12.8. The first-order chi connectivity index (χ1) is 11.5. The molecule has 9 heteroatoms. The molecule has 0 saturated heterocycles. The molecule has 0 saturated carbocycles. The van der Waals surface area contributed by atoms with E-state index >= 15 is 0 Å². The Morgan fingerprint density at radius 2 is 2.00 bits per heavy atom. The Morgan fingerprint density at radius 1 is 1.21 bits per heavy atom. The third-order valence-electron chi connectivity index (χ3n) is 3.73. The quantitative estimate of drug-likeness (QED) is 0.490. The smallest absolute Gasteiger partial charge is 0.235 e. The number of rotatable bonds is 3. The monoisotopic (exact) mass is 422 g/mol. The third kappa shape index (κ3) is 2.54. The molecule has 4 aromatic rings. The molecule has 6 nitrogen and oxygen atoms in total. The highest BCUT2D eigenvalue weighted by molar-refractivity contribution is 9.10. The zero-order valence-corrected chi connectivity index (χ0v) is 16.0. The van der Waals surface area contributed by atoms with Gasteiger partial charge in [-0.1, -0.05) is 35.1 Å². The summed E-state index contributed by atoms with van der Waals surface area (Å²) in [6.07, 6.45) is 1.96. The lowest BCUT2D eigenvalue weighted by atomic mass is 10.2. The molecule has 0 amide bonds. The van der Waals surface area contributed by atoms with E-state index in [0.29, 0.717) is 10.8 Å². The minimum absolute atomic E-state index is 0.000736. The van der Waals surface area contributed by atoms with Crippen LogP contribution in [-0.4, -0.2) is 29.6 Å². The highest BCUT2D eigenvalue weighted by atomic mass is 79.9. The van der Waals surface area contributed by atoms with Crippen molar-refractivity contribution in [2.75, 3.05) is 0 Å². The average Bonchev–Trinajstić information content (AvgIpc) is 3.22. The first-order valence-electron chi connectivity index (χ1n) is 7.23. The van der Waals surface area contributed by atoms with Crippen molar-refractivity contribution in [1.29, 1.82) is 0 Å². The molecule has 0 fully saturated rings. The highest BCUT2D eigenvalue weighted by Gasteiger charge is 2.20. The van der Waals surface area contributed by atoms with E-state index in [1.807, 2.05) is 42.1 Å². The Hall–Kier alpha value is -1.77. The molecule has 1 aromatic carbocycles. The van der Waals surface area contributed by atoms with Crippen LogP contribution in [-0.2, 0) is 0 Å². The van der Waals surface area contributed by atoms with Crippen molar-refractivity contribution < 1.29 is 0 Å². The standard InChI is InChI=1S/C15H12BrClN6S/c1-8-11(16)7-22(20-8)9(2)14-21-23-13(18-19-15(23)24-14)10-5-3-4-6-12(10)17/h3-7,9H,1-2H3/t9-/m1/s1. The summed E-state index contributed by atoms with van der Waals surface area (Å²) in [5.41, 5.74) is 1.76. The Morgan fingerprint density at radius 3 is 2.71 bits per heavy atom. The summed E-state index contributed by atoms with van der Waals surface area (Å²) in [5.74, 6) is 0.642. The van der Waals surface area contributed by atoms with Gasteiger partial charge in [-0.05, 0) is 41.9 Å². The fourth-order valence-electron chi connectivity index (χ4n) is 2.38. The second-order valence-electron chi connectivity index (χ2n) is 5.36. The third-order valence-corrected chi connectivity index (χ3v) is 5.91. The van der Waals surface area contributed by atoms with E-state index in [9.17, 15) is 0 Å². The van der Waals surface area contributed by atoms with Gasteiger partial charge in [-0.15, -0.1) is 10.2 Å². The minimum atomic E-state index is 0.000736. The molecule has 0 bridgehead atoms. The van der Waals surface area contributed by atoms with Gasteiger partial charge >= 0.3 is 0 Å². The number of aromatic nitrogens is 6. The number of fused-ring (bicyclic) bond motifs is 1. The van der Waals surface area contributed by atoms with E-state index < -0.39 is 0 Å². The molecule has 4 rings (SSSR count). The summed E-state index contributed by atoms with van der Waals surface area (Å²) in [5, 5.41) is 19.2. The van der Waals surface area contributed by atoms with E-state index in [2.05, 4.69) is 43.2 Å². The highest BCUT2D eigenvalue weighted by Crippen LogP contribution is 2.30. The molecule has 0 radical (unpaired) electrons. The van der Waals surface area contributed by atoms with Crippen molar-refractivity contribution in [3.8, 4) is 11.4 Å². The van der Waals surface area contributed by atoms with Crippen LogP contribution >= 0.6 is 38.9 Å². The lowest BCUT2D eigenvalue weighted by molar-refractivity contribution is 0.551. The molecule has 0 unspecified atom stereocenters. The topological polar surface area (TPSA) is 60.9 Å². The molecular formula is C15H12BrClN6S. The van der Waals surface area contributed by atoms with Gasteiger partial charge in [0.25, 0.3) is 0 Å². The van der Waals surface area contributed by atoms with Gasteiger partial charge in [0.15, 0.2) is 5.82 Å². The van der Waals surface area contributed by atoms with Gasteiger partial charge in [-0.2, -0.15) is 14.7 Å². The summed E-state index contributed by atoms with van der Waals surface area (Å²) in [4.78, 5) is 0.731. The average molecular weight is 424 g/mol. The van der Waals surface area contributed by atoms with E-state index in [1.165, 1.54) is 11.3 Å². The summed E-state index contributed by atoms with van der Waals surface area (Å²) >= 11 is 11.3. The Balaban J connectivity index is 1.78. The lowest BCUT2D eigenvalue weighted by Gasteiger charge is -2.07. The second-order valence-corrected chi connectivity index (χ2v) is 7.61. The van der Waals surface area contributed by atoms with Crippen LogP contribution in [0.2, 0.25) is 5.02 Å². The minimum Gasteiger partial charge on any atom is -0.262 e. The van der Waals surface area contributed by atoms with Crippen molar-refractivity contribution in [3.63, 3.8) is 0 Å². The number of aryl methyl sites for hydroxylation is 1. The van der Waals surface area contributed by atoms with Gasteiger partial charge in [0, 0.05) is 11.8 Å². The molecule has 24 heavy (non-hydrogen) atoms. The maximum atomic E-state index is 6.28. The first-order valence-corrected chi connectivity index (χ1v) is 9.21. The normalized spacial score (nSPS) is 12.8. The fraction of sp³-hybridized carbons (Fsp3) is 0.200. The molecule has 1 atom stereocenters. The van der Waals surface area contributed by atoms with Gasteiger partial charge in [-0.3, -0.25) is 4.68 Å². The number of halogens is 2. The van der Waals surface area contributed by atoms with Crippen LogP contribution in [0.15, 0.2) is 34.9 Å². The molecular weight excluding hydrogens is 412 g/mol. The van der Waals surface area contributed by atoms with Crippen molar-refractivity contribution in [1.82, 2.24) is 29.6 Å². The van der Waals surface area contributed by atoms with Gasteiger partial charge in [0.1, 0.15) is 11.0 Å². The van der Waals surface area contributed by atoms with Crippen molar-refractivity contribution >= 4 is 43.8 Å². The Bertz CT molecular complexity index is 1020. The maximum Gasteiger partial charge on any atom is 0.235 e. The predicted octanol–water partition coefficient (Wildman–Crippen LogP) is 4.38. The van der Waals surface area contributed by atoms with Gasteiger partial charge < -0.3 is 0 Å². The van der Waals surface area contributed by atoms with Gasteiger partial charge in [0.05, 0.1) is 15.2 Å². The molecule has 0 aliphatic carbocycles. The van der Waals surface area contributed by atoms with Crippen molar-refractivity contribution in [2.24, 2.45) is 0 Å². The van der Waals surface area contributed by atoms with Crippen LogP contribution in [0.3, 0.4) is 0 Å². The summed E-state index contributed by atoms with van der Waals surface area (Å²) in [7, 11) is 0. The summed E-state index contributed by atoms with van der Waals surface area (Å²) < 4.78 is 4.61. The zero-order chi connectivity index (χ0) is 16.8. The van der Waals surface area contributed by atoms with Gasteiger partial charge in [-0.25, -0.2) is 0 Å². The van der Waals surface area contributed by atoms with E-state index in [4.69, 9.17) is 11.6 Å². The number of nitrogens with zero attached hydrogens (tertiary/aromatic N) is 6. The van der Waals surface area contributed by atoms with E-state index in [-0.39, 0.29) is 6.04 Å². The molecule has 3 heterocycles. The Labute approximate surface area is 155 Å². The SMILES string of the molecule is Cc1nn([C@H](C)c2nn3c(-c4ccccc4Cl)nnc3s2)cc1Br. The summed E-state index contributed by atoms with van der Waals surface area (Å²) in [6.45, 7) is 4.02. The van der Waals surface area contributed by atoms with Crippen LogP contribution in [0.4, 0.5) is 0 Å². The van der Waals surface area contributed by atoms with Crippen LogP contribution in [0.1, 0.15) is 23.7 Å². The first kappa shape index (κ1) is 15.7. The molecule has 3 aromatic heterocycles. The molecule has 0 aliphatic rings. The molecule has 122 valence electrons. The predicted molar refractivity (Wildman–Crippen MR) is 97.6 cm³/mol. The number of hydrogen-bond acceptors (Lipinski definition) is 5. The lowest BCUT2D eigenvalue weighted by Crippen LogP contribution is -2.08. The van der Waals surface area contributed by atoms with Crippen molar-refractivity contribution in [3.05, 3.63) is 50.7 Å². The Kier molecular flexibility index (Phi) is 3.90. The van der Waals surface area contributed by atoms with Crippen LogP contribution in [0.5, 0.6) is 0 Å². The van der Waals surface area contributed by atoms with Crippen LogP contribution in [0.25, 0.3) is 16.3 Å². The van der Waals surface area contributed by atoms with Gasteiger partial charge in [0.2, 0.25) is 4.96 Å². The maximum absolute atomic E-state index is 6.28. The molecule has 0 aliphatic heterocycles. The van der Waals surface area contributed by atoms with Crippen molar-refractivity contribution in [2.45, 2.75) is 19.9 Å². The summed E-state index contributed by atoms with van der Waals surface area (Å²) in [6, 6.07) is 7.55. The van der Waals surface area contributed by atoms with Crippen LogP contribution in [0, 0.1) is 6.92 Å². The molecule has 0 N–H and O–H groups in total. The largest absolute Gasteiger partial charge is 0.262 e. The number of benzene rings is 1. The van der Waals surface area contributed by atoms with E-state index in [0.717, 1.165) is 25.7 Å². The number of hydrogen-bond donors (Lipinski definition) is 0. The van der Waals surface area contributed by atoms with Crippen LogP contribution < -0.4 is 0 Å². The molecule has 0 spiro atoms.